The molecule has 0 bridgehead atoms. The van der Waals surface area contributed by atoms with Crippen molar-refractivity contribution >= 4 is 16.7 Å². The number of H-pyrrole nitrogens is 1. The van der Waals surface area contributed by atoms with Crippen molar-refractivity contribution in [3.05, 3.63) is 64.3 Å². The van der Waals surface area contributed by atoms with Crippen LogP contribution in [0.5, 0.6) is 5.75 Å². The van der Waals surface area contributed by atoms with E-state index in [0.717, 1.165) is 40.9 Å². The number of nitriles is 1. The van der Waals surface area contributed by atoms with Gasteiger partial charge in [-0.15, -0.1) is 0 Å². The van der Waals surface area contributed by atoms with Crippen molar-refractivity contribution in [2.75, 3.05) is 27.2 Å². The largest absolute Gasteiger partial charge is 0.493 e. The molecule has 0 unspecified atom stereocenters. The number of hydrogen-bond acceptors (Lipinski definition) is 4. The highest BCUT2D eigenvalue weighted by atomic mass is 16.5. The lowest BCUT2D eigenvalue weighted by Crippen LogP contribution is -2.31. The van der Waals surface area contributed by atoms with E-state index >= 15 is 0 Å². The highest BCUT2D eigenvalue weighted by Gasteiger charge is 2.41. The molecule has 0 radical (unpaired) electrons. The molecule has 1 aromatic heterocycles. The molecule has 29 heavy (non-hydrogen) atoms. The average molecular weight is 387 g/mol. The number of aromatic nitrogens is 1. The molecule has 1 aliphatic carbocycles. The van der Waals surface area contributed by atoms with Crippen LogP contribution in [0.3, 0.4) is 0 Å². The van der Waals surface area contributed by atoms with Crippen LogP contribution in [0.2, 0.25) is 0 Å². The van der Waals surface area contributed by atoms with Gasteiger partial charge in [-0.05, 0) is 38.7 Å². The number of ketones is 1. The van der Waals surface area contributed by atoms with Crippen LogP contribution in [-0.4, -0.2) is 42.9 Å². The smallest absolute Gasteiger partial charge is 0.195 e. The third kappa shape index (κ3) is 3.10. The van der Waals surface area contributed by atoms with Gasteiger partial charge in [0.15, 0.2) is 5.78 Å². The Hall–Kier alpha value is -3.10. The molecule has 3 aromatic rings. The summed E-state index contributed by atoms with van der Waals surface area (Å²) in [5.74, 6) is 0.769. The Labute approximate surface area is 170 Å². The summed E-state index contributed by atoms with van der Waals surface area (Å²) in [4.78, 5) is 19.0. The molecule has 0 fully saturated rings. The molecule has 5 heteroatoms. The van der Waals surface area contributed by atoms with E-state index in [1.165, 1.54) is 0 Å². The second-order valence-electron chi connectivity index (χ2n) is 8.39. The van der Waals surface area contributed by atoms with Crippen molar-refractivity contribution in [1.82, 2.24) is 9.88 Å². The summed E-state index contributed by atoms with van der Waals surface area (Å²) in [6.07, 6.45) is 0.916. The van der Waals surface area contributed by atoms with Crippen LogP contribution in [0.15, 0.2) is 36.4 Å². The van der Waals surface area contributed by atoms with E-state index in [1.54, 1.807) is 12.1 Å². The molecule has 2 aromatic carbocycles. The summed E-state index contributed by atoms with van der Waals surface area (Å²) in [7, 11) is 4.09. The molecule has 1 N–H and O–H groups in total. The average Bonchev–Trinajstić information content (AvgIpc) is 3.09. The number of benzene rings is 2. The van der Waals surface area contributed by atoms with Gasteiger partial charge in [0.1, 0.15) is 5.75 Å². The molecule has 4 rings (SSSR count). The van der Waals surface area contributed by atoms with E-state index < -0.39 is 5.41 Å². The van der Waals surface area contributed by atoms with Gasteiger partial charge in [-0.1, -0.05) is 32.0 Å². The molecule has 148 valence electrons. The van der Waals surface area contributed by atoms with E-state index in [9.17, 15) is 10.1 Å². The monoisotopic (exact) mass is 387 g/mol. The van der Waals surface area contributed by atoms with Gasteiger partial charge in [-0.3, -0.25) is 4.79 Å². The molecule has 0 spiro atoms. The molecule has 5 nitrogen and oxygen atoms in total. The number of nitrogens with zero attached hydrogens (tertiary/aromatic N) is 2. The summed E-state index contributed by atoms with van der Waals surface area (Å²) in [5.41, 5.74) is 4.16. The SMILES string of the molecule is CN(C)CCCOc1cccc2c1C(C)(C)c1[nH]c3cc(C#N)ccc3c1C2=O. The molecule has 0 saturated heterocycles. The Morgan fingerprint density at radius 1 is 1.21 bits per heavy atom. The van der Waals surface area contributed by atoms with Crippen LogP contribution in [0, 0.1) is 11.3 Å². The fraction of sp³-hybridized carbons (Fsp3) is 0.333. The van der Waals surface area contributed by atoms with Crippen LogP contribution in [-0.2, 0) is 5.41 Å². The highest BCUT2D eigenvalue weighted by molar-refractivity contribution is 6.20. The zero-order chi connectivity index (χ0) is 20.8. The number of hydrogen-bond donors (Lipinski definition) is 1. The molecule has 0 aliphatic heterocycles. The van der Waals surface area contributed by atoms with Crippen LogP contribution in [0.25, 0.3) is 10.9 Å². The normalized spacial score (nSPS) is 14.6. The van der Waals surface area contributed by atoms with Crippen LogP contribution in [0.4, 0.5) is 0 Å². The molecule has 0 atom stereocenters. The topological polar surface area (TPSA) is 69.1 Å². The van der Waals surface area contributed by atoms with Gasteiger partial charge in [0, 0.05) is 39.7 Å². The Bertz CT molecular complexity index is 1150. The lowest BCUT2D eigenvalue weighted by atomic mass is 9.71. The van der Waals surface area contributed by atoms with E-state index in [0.29, 0.717) is 23.3 Å². The standard InChI is InChI=1S/C24H25N3O2/c1-24(2)21-17(7-5-8-19(21)29-12-6-11-27(3)4)22(28)20-16-10-9-15(14-25)13-18(16)26-23(20)24/h5,7-10,13,26H,6,11-12H2,1-4H3. The Morgan fingerprint density at radius 3 is 2.72 bits per heavy atom. The molecular weight excluding hydrogens is 362 g/mol. The fourth-order valence-electron chi connectivity index (χ4n) is 4.28. The fourth-order valence-corrected chi connectivity index (χ4v) is 4.28. The quantitative estimate of drug-likeness (QED) is 0.665. The van der Waals surface area contributed by atoms with Crippen molar-refractivity contribution in [3.8, 4) is 11.8 Å². The number of aromatic amines is 1. The summed E-state index contributed by atoms with van der Waals surface area (Å²) in [5, 5.41) is 10.1. The minimum Gasteiger partial charge on any atom is -0.493 e. The minimum absolute atomic E-state index is 0.00373. The Balaban J connectivity index is 1.81. The maximum atomic E-state index is 13.4. The molecule has 0 saturated carbocycles. The zero-order valence-electron chi connectivity index (χ0n) is 17.3. The Kier molecular flexibility index (Phi) is 4.68. The van der Waals surface area contributed by atoms with Crippen LogP contribution >= 0.6 is 0 Å². The van der Waals surface area contributed by atoms with Crippen molar-refractivity contribution in [2.45, 2.75) is 25.7 Å². The number of carbonyl (C=O) groups excluding carboxylic acids is 1. The summed E-state index contributed by atoms with van der Waals surface area (Å²) >= 11 is 0. The van der Waals surface area contributed by atoms with Gasteiger partial charge in [-0.25, -0.2) is 0 Å². The van der Waals surface area contributed by atoms with Gasteiger partial charge in [0.2, 0.25) is 0 Å². The van der Waals surface area contributed by atoms with Crippen molar-refractivity contribution in [2.24, 2.45) is 0 Å². The third-order valence-corrected chi connectivity index (χ3v) is 5.68. The molecular formula is C24H25N3O2. The third-order valence-electron chi connectivity index (χ3n) is 5.68. The van der Waals surface area contributed by atoms with Crippen LogP contribution < -0.4 is 4.74 Å². The van der Waals surface area contributed by atoms with Gasteiger partial charge in [-0.2, -0.15) is 5.26 Å². The van der Waals surface area contributed by atoms with Crippen LogP contribution in [0.1, 0.15) is 53.0 Å². The summed E-state index contributed by atoms with van der Waals surface area (Å²) < 4.78 is 6.13. The second-order valence-corrected chi connectivity index (χ2v) is 8.39. The predicted octanol–water partition coefficient (Wildman–Crippen LogP) is 4.24. The van der Waals surface area contributed by atoms with Crippen molar-refractivity contribution < 1.29 is 9.53 Å². The van der Waals surface area contributed by atoms with Gasteiger partial charge in [0.25, 0.3) is 0 Å². The zero-order valence-corrected chi connectivity index (χ0v) is 17.3. The lowest BCUT2D eigenvalue weighted by Gasteiger charge is -2.33. The first-order valence-electron chi connectivity index (χ1n) is 9.86. The summed E-state index contributed by atoms with van der Waals surface area (Å²) in [6.45, 7) is 5.78. The van der Waals surface area contributed by atoms with Gasteiger partial charge < -0.3 is 14.6 Å². The maximum absolute atomic E-state index is 13.4. The van der Waals surface area contributed by atoms with E-state index in [2.05, 4.69) is 29.8 Å². The molecule has 0 amide bonds. The van der Waals surface area contributed by atoms with Crippen molar-refractivity contribution in [3.63, 3.8) is 0 Å². The second kappa shape index (κ2) is 7.06. The number of rotatable bonds is 5. The van der Waals surface area contributed by atoms with Gasteiger partial charge >= 0.3 is 0 Å². The predicted molar refractivity (Wildman–Crippen MR) is 114 cm³/mol. The summed E-state index contributed by atoms with van der Waals surface area (Å²) in [6, 6.07) is 13.3. The maximum Gasteiger partial charge on any atom is 0.195 e. The number of ether oxygens (including phenoxy) is 1. The minimum atomic E-state index is -0.428. The van der Waals surface area contributed by atoms with Crippen molar-refractivity contribution in [1.29, 1.82) is 5.26 Å². The molecule has 1 aliphatic rings. The highest BCUT2D eigenvalue weighted by Crippen LogP contribution is 2.47. The van der Waals surface area contributed by atoms with E-state index in [4.69, 9.17) is 4.74 Å². The first-order chi connectivity index (χ1) is 13.8. The van der Waals surface area contributed by atoms with Gasteiger partial charge in [0.05, 0.1) is 23.8 Å². The number of fused-ring (bicyclic) bond motifs is 4. The number of nitrogens with one attached hydrogen (secondary N) is 1. The lowest BCUT2D eigenvalue weighted by molar-refractivity contribution is 0.103. The van der Waals surface area contributed by atoms with E-state index in [-0.39, 0.29) is 5.78 Å². The van der Waals surface area contributed by atoms with E-state index in [1.807, 2.05) is 38.4 Å². The first-order valence-corrected chi connectivity index (χ1v) is 9.86. The number of carbonyl (C=O) groups is 1. The molecule has 1 heterocycles. The Morgan fingerprint density at radius 2 is 2.00 bits per heavy atom. The first kappa shape index (κ1) is 19.2.